The molecule has 0 bridgehead atoms. The van der Waals surface area contributed by atoms with Crippen molar-refractivity contribution in [2.24, 2.45) is 5.92 Å². The number of hydrogen-bond donors (Lipinski definition) is 2. The zero-order valence-corrected chi connectivity index (χ0v) is 14.3. The summed E-state index contributed by atoms with van der Waals surface area (Å²) in [5.41, 5.74) is 0.790. The van der Waals surface area contributed by atoms with Crippen molar-refractivity contribution in [3.05, 3.63) is 30.3 Å². The quantitative estimate of drug-likeness (QED) is 0.811. The van der Waals surface area contributed by atoms with Crippen molar-refractivity contribution in [1.82, 2.24) is 10.2 Å². The molecule has 128 valence electrons. The lowest BCUT2D eigenvalue weighted by Crippen LogP contribution is -2.15. The van der Waals surface area contributed by atoms with Crippen LogP contribution in [-0.4, -0.2) is 30.3 Å². The number of ether oxygens (including phenoxy) is 2. The minimum atomic E-state index is -0.0695. The molecule has 1 heterocycles. The van der Waals surface area contributed by atoms with Crippen LogP contribution in [0.4, 0.5) is 17.3 Å². The molecule has 0 saturated carbocycles. The van der Waals surface area contributed by atoms with Gasteiger partial charge in [0, 0.05) is 18.2 Å². The van der Waals surface area contributed by atoms with E-state index < -0.39 is 0 Å². The Bertz CT molecular complexity index is 687. The molecule has 7 heteroatoms. The van der Waals surface area contributed by atoms with Gasteiger partial charge in [-0.05, 0) is 30.2 Å². The highest BCUT2D eigenvalue weighted by atomic mass is 16.5. The number of hydrogen-bond acceptors (Lipinski definition) is 6. The van der Waals surface area contributed by atoms with Crippen molar-refractivity contribution in [3.63, 3.8) is 0 Å². The van der Waals surface area contributed by atoms with Crippen LogP contribution in [0.15, 0.2) is 30.3 Å². The van der Waals surface area contributed by atoms with Crippen molar-refractivity contribution in [3.8, 4) is 11.5 Å². The summed E-state index contributed by atoms with van der Waals surface area (Å²) in [6.07, 6.45) is 0.452. The Morgan fingerprint density at radius 3 is 2.29 bits per heavy atom. The van der Waals surface area contributed by atoms with Crippen LogP contribution in [0.1, 0.15) is 20.3 Å². The molecule has 0 aliphatic rings. The molecule has 0 aliphatic carbocycles. The first-order valence-electron chi connectivity index (χ1n) is 7.64. The minimum Gasteiger partial charge on any atom is -0.493 e. The maximum Gasteiger partial charge on any atom is 0.225 e. The summed E-state index contributed by atoms with van der Waals surface area (Å²) in [5.74, 6) is 2.48. The molecule has 0 radical (unpaired) electrons. The van der Waals surface area contributed by atoms with Gasteiger partial charge in [-0.1, -0.05) is 13.8 Å². The zero-order chi connectivity index (χ0) is 17.5. The maximum atomic E-state index is 11.7. The fraction of sp³-hybridized carbons (Fsp3) is 0.353. The van der Waals surface area contributed by atoms with Gasteiger partial charge in [0.1, 0.15) is 0 Å². The van der Waals surface area contributed by atoms with Crippen molar-refractivity contribution >= 4 is 23.2 Å². The standard InChI is InChI=1S/C17H22N4O3/c1-11(2)9-17(22)19-16-8-7-15(20-21-16)18-12-5-6-13(23-3)14(10-12)24-4/h5-8,10-11H,9H2,1-4H3,(H,18,20)(H,19,21,22). The van der Waals surface area contributed by atoms with Gasteiger partial charge in [-0.2, -0.15) is 0 Å². The number of aromatic nitrogens is 2. The van der Waals surface area contributed by atoms with E-state index in [0.717, 1.165) is 5.69 Å². The molecule has 0 spiro atoms. The van der Waals surface area contributed by atoms with Gasteiger partial charge in [0.25, 0.3) is 0 Å². The number of anilines is 3. The number of benzene rings is 1. The number of nitrogens with one attached hydrogen (secondary N) is 2. The maximum absolute atomic E-state index is 11.7. The molecule has 2 aromatic rings. The molecule has 0 atom stereocenters. The highest BCUT2D eigenvalue weighted by molar-refractivity contribution is 5.89. The second kappa shape index (κ2) is 8.14. The van der Waals surface area contributed by atoms with E-state index in [4.69, 9.17) is 9.47 Å². The summed E-state index contributed by atoms with van der Waals surface area (Å²) in [7, 11) is 3.17. The number of methoxy groups -OCH3 is 2. The average molecular weight is 330 g/mol. The SMILES string of the molecule is COc1ccc(Nc2ccc(NC(=O)CC(C)C)nn2)cc1OC. The van der Waals surface area contributed by atoms with Gasteiger partial charge in [0.05, 0.1) is 14.2 Å². The highest BCUT2D eigenvalue weighted by Gasteiger charge is 2.08. The molecule has 24 heavy (non-hydrogen) atoms. The van der Waals surface area contributed by atoms with Gasteiger partial charge in [0.15, 0.2) is 23.1 Å². The molecule has 0 unspecified atom stereocenters. The average Bonchev–Trinajstić information content (AvgIpc) is 2.55. The van der Waals surface area contributed by atoms with E-state index in [1.54, 1.807) is 38.5 Å². The first kappa shape index (κ1) is 17.5. The van der Waals surface area contributed by atoms with E-state index in [2.05, 4.69) is 20.8 Å². The summed E-state index contributed by atoms with van der Waals surface area (Å²) in [6, 6.07) is 8.90. The van der Waals surface area contributed by atoms with Crippen LogP contribution in [0, 0.1) is 5.92 Å². The Balaban J connectivity index is 2.02. The summed E-state index contributed by atoms with van der Waals surface area (Å²) < 4.78 is 10.5. The van der Waals surface area contributed by atoms with Crippen LogP contribution in [-0.2, 0) is 4.79 Å². The van der Waals surface area contributed by atoms with Crippen LogP contribution in [0.5, 0.6) is 11.5 Å². The fourth-order valence-corrected chi connectivity index (χ4v) is 2.09. The van der Waals surface area contributed by atoms with E-state index in [0.29, 0.717) is 35.5 Å². The van der Waals surface area contributed by atoms with Gasteiger partial charge >= 0.3 is 0 Å². The van der Waals surface area contributed by atoms with Crippen LogP contribution in [0.25, 0.3) is 0 Å². The van der Waals surface area contributed by atoms with Crippen molar-refractivity contribution in [2.45, 2.75) is 20.3 Å². The molecular formula is C17H22N4O3. The molecule has 2 N–H and O–H groups in total. The van der Waals surface area contributed by atoms with E-state index in [1.807, 2.05) is 19.9 Å². The number of amides is 1. The number of nitrogens with zero attached hydrogens (tertiary/aromatic N) is 2. The predicted octanol–water partition coefficient (Wildman–Crippen LogP) is 3.22. The summed E-state index contributed by atoms with van der Waals surface area (Å²) >= 11 is 0. The topological polar surface area (TPSA) is 85.4 Å². The van der Waals surface area contributed by atoms with Crippen LogP contribution in [0.2, 0.25) is 0 Å². The summed E-state index contributed by atoms with van der Waals surface area (Å²) in [4.78, 5) is 11.7. The van der Waals surface area contributed by atoms with Crippen LogP contribution >= 0.6 is 0 Å². The van der Waals surface area contributed by atoms with Crippen molar-refractivity contribution in [2.75, 3.05) is 24.9 Å². The molecule has 0 aliphatic heterocycles. The third-order valence-electron chi connectivity index (χ3n) is 3.18. The molecule has 1 aromatic carbocycles. The third-order valence-corrected chi connectivity index (χ3v) is 3.18. The minimum absolute atomic E-state index is 0.0695. The van der Waals surface area contributed by atoms with E-state index >= 15 is 0 Å². The number of carbonyl (C=O) groups excluding carboxylic acids is 1. The molecular weight excluding hydrogens is 308 g/mol. The lowest BCUT2D eigenvalue weighted by atomic mass is 10.1. The van der Waals surface area contributed by atoms with Crippen LogP contribution in [0.3, 0.4) is 0 Å². The lowest BCUT2D eigenvalue weighted by Gasteiger charge is -2.11. The van der Waals surface area contributed by atoms with Crippen LogP contribution < -0.4 is 20.1 Å². The Morgan fingerprint density at radius 2 is 1.71 bits per heavy atom. The largest absolute Gasteiger partial charge is 0.493 e. The first-order valence-corrected chi connectivity index (χ1v) is 7.64. The molecule has 0 saturated heterocycles. The smallest absolute Gasteiger partial charge is 0.225 e. The van der Waals surface area contributed by atoms with Gasteiger partial charge in [-0.25, -0.2) is 0 Å². The Labute approximate surface area is 141 Å². The van der Waals surface area contributed by atoms with Crippen molar-refractivity contribution in [1.29, 1.82) is 0 Å². The zero-order valence-electron chi connectivity index (χ0n) is 14.3. The van der Waals surface area contributed by atoms with Gasteiger partial charge in [-0.3, -0.25) is 4.79 Å². The molecule has 2 rings (SSSR count). The third kappa shape index (κ3) is 4.84. The number of carbonyl (C=O) groups is 1. The second-order valence-corrected chi connectivity index (χ2v) is 5.64. The van der Waals surface area contributed by atoms with Gasteiger partial charge in [0.2, 0.25) is 5.91 Å². The summed E-state index contributed by atoms with van der Waals surface area (Å²) in [6.45, 7) is 3.98. The monoisotopic (exact) mass is 330 g/mol. The van der Waals surface area contributed by atoms with Gasteiger partial charge in [-0.15, -0.1) is 10.2 Å². The molecule has 1 amide bonds. The first-order chi connectivity index (χ1) is 11.5. The predicted molar refractivity (Wildman–Crippen MR) is 92.9 cm³/mol. The number of rotatable bonds is 7. The van der Waals surface area contributed by atoms with Gasteiger partial charge < -0.3 is 20.1 Å². The van der Waals surface area contributed by atoms with Crippen molar-refractivity contribution < 1.29 is 14.3 Å². The Kier molecular flexibility index (Phi) is 5.95. The molecule has 1 aromatic heterocycles. The van der Waals surface area contributed by atoms with E-state index in [9.17, 15) is 4.79 Å². The molecule has 0 fully saturated rings. The normalized spacial score (nSPS) is 10.4. The van der Waals surface area contributed by atoms with E-state index in [-0.39, 0.29) is 5.91 Å². The summed E-state index contributed by atoms with van der Waals surface area (Å²) in [5, 5.41) is 13.9. The van der Waals surface area contributed by atoms with E-state index in [1.165, 1.54) is 0 Å². The Hall–Kier alpha value is -2.83. The highest BCUT2D eigenvalue weighted by Crippen LogP contribution is 2.30. The lowest BCUT2D eigenvalue weighted by molar-refractivity contribution is -0.116. The second-order valence-electron chi connectivity index (χ2n) is 5.64. The Morgan fingerprint density at radius 1 is 1.04 bits per heavy atom. The molecule has 7 nitrogen and oxygen atoms in total. The fourth-order valence-electron chi connectivity index (χ4n) is 2.09.